The lowest BCUT2D eigenvalue weighted by molar-refractivity contribution is -0.241. The van der Waals surface area contributed by atoms with E-state index < -0.39 is 12.2 Å². The van der Waals surface area contributed by atoms with E-state index in [4.69, 9.17) is 9.47 Å². The van der Waals surface area contributed by atoms with Crippen molar-refractivity contribution in [2.24, 2.45) is 9.98 Å². The number of hydrogen-bond donors (Lipinski definition) is 0. The van der Waals surface area contributed by atoms with Gasteiger partial charge < -0.3 is 19.7 Å². The molecule has 0 saturated carbocycles. The minimum Gasteiger partial charge on any atom is -0.567 e. The summed E-state index contributed by atoms with van der Waals surface area (Å²) in [5.41, 5.74) is 2.27. The Balaban J connectivity index is 1.48. The van der Waals surface area contributed by atoms with E-state index in [2.05, 4.69) is 52.3 Å². The Bertz CT molecular complexity index is 921. The zero-order chi connectivity index (χ0) is 28.0. The topological polar surface area (TPSA) is 89.3 Å². The van der Waals surface area contributed by atoms with Crippen molar-refractivity contribution in [1.82, 2.24) is 8.97 Å². The van der Waals surface area contributed by atoms with Crippen LogP contribution in [0.25, 0.3) is 0 Å². The number of ether oxygens (including phenoxy) is 2. The second-order valence-corrected chi connectivity index (χ2v) is 11.3. The van der Waals surface area contributed by atoms with Crippen LogP contribution in [0.15, 0.2) is 58.5 Å². The second-order valence-electron chi connectivity index (χ2n) is 11.3. The van der Waals surface area contributed by atoms with E-state index in [1.165, 1.54) is 0 Å². The number of hydrogen-bond acceptors (Lipinski definition) is 6. The molecule has 2 rings (SSSR count). The van der Waals surface area contributed by atoms with Gasteiger partial charge in [-0.25, -0.2) is 0 Å². The molecule has 0 radical (unpaired) electrons. The lowest BCUT2D eigenvalue weighted by Crippen LogP contribution is -2.34. The maximum absolute atomic E-state index is 11.9. The van der Waals surface area contributed by atoms with Gasteiger partial charge in [0.2, 0.25) is 0 Å². The molecule has 0 amide bonds. The van der Waals surface area contributed by atoms with Crippen LogP contribution in [0.3, 0.4) is 0 Å². The number of aliphatic imine (C=N–C) groups is 2. The lowest BCUT2D eigenvalue weighted by Gasteiger charge is -2.24. The molecule has 2 aromatic rings. The number of nitrogens with zero attached hydrogens (tertiary/aromatic N) is 4. The standard InChI is InChI=1S/C30H46N4O4/c1-33(2,3)25-15-19-27(20-16-25)37-29(35)31-23-13-11-9-7-8-10-12-14-24-32-30(36)38-28-21-17-26(18-22-28)34(4,5)6/h15-22H,7-14,23-24H2,1-6H3. The molecule has 0 saturated heterocycles. The number of rotatable bonds is 15. The number of unbranched alkanes of at least 4 members (excludes halogenated alkanes) is 7. The molecule has 0 heterocycles. The Hall–Kier alpha value is -3.10. The smallest absolute Gasteiger partial charge is 0.150 e. The monoisotopic (exact) mass is 526 g/mol. The molecule has 0 bridgehead atoms. The molecule has 0 fully saturated rings. The predicted octanol–water partition coefficient (Wildman–Crippen LogP) is 4.09. The molecule has 0 N–H and O–H groups in total. The van der Waals surface area contributed by atoms with Crippen molar-refractivity contribution in [3.63, 3.8) is 0 Å². The summed E-state index contributed by atoms with van der Waals surface area (Å²) in [7, 11) is 12.5. The average molecular weight is 527 g/mol. The first-order chi connectivity index (χ1) is 17.9. The molecular weight excluding hydrogens is 480 g/mol. The van der Waals surface area contributed by atoms with Crippen LogP contribution in [0.1, 0.15) is 51.4 Å². The molecule has 0 unspecified atom stereocenters. The summed E-state index contributed by atoms with van der Waals surface area (Å²) in [6.45, 7) is 0.987. The molecule has 0 aliphatic rings. The first kappa shape index (κ1) is 31.1. The van der Waals surface area contributed by atoms with Crippen LogP contribution < -0.4 is 28.7 Å². The Morgan fingerprint density at radius 3 is 1.11 bits per heavy atom. The zero-order valence-corrected chi connectivity index (χ0v) is 24.1. The Morgan fingerprint density at radius 1 is 0.526 bits per heavy atom. The van der Waals surface area contributed by atoms with Crippen molar-refractivity contribution in [1.29, 1.82) is 0 Å². The van der Waals surface area contributed by atoms with E-state index in [0.29, 0.717) is 33.6 Å². The molecule has 210 valence electrons. The Kier molecular flexibility index (Phi) is 12.6. The highest BCUT2D eigenvalue weighted by Gasteiger charge is 2.11. The van der Waals surface area contributed by atoms with Crippen LogP contribution >= 0.6 is 0 Å². The molecule has 0 aromatic heterocycles. The van der Waals surface area contributed by atoms with Crippen LogP contribution in [0.4, 0.5) is 11.4 Å². The normalized spacial score (nSPS) is 13.0. The van der Waals surface area contributed by atoms with Crippen molar-refractivity contribution in [2.75, 3.05) is 55.4 Å². The second kappa shape index (κ2) is 15.3. The van der Waals surface area contributed by atoms with Crippen molar-refractivity contribution in [3.8, 4) is 11.5 Å². The predicted molar refractivity (Wildman–Crippen MR) is 155 cm³/mol. The van der Waals surface area contributed by atoms with Gasteiger partial charge in [-0.05, 0) is 37.1 Å². The summed E-state index contributed by atoms with van der Waals surface area (Å²) in [5, 5.41) is 23.8. The minimum absolute atomic E-state index is 0.493. The van der Waals surface area contributed by atoms with E-state index in [0.717, 1.165) is 62.7 Å². The molecule has 0 aliphatic carbocycles. The van der Waals surface area contributed by atoms with E-state index in [9.17, 15) is 10.2 Å². The fraction of sp³-hybridized carbons (Fsp3) is 0.533. The largest absolute Gasteiger partial charge is 0.567 e. The van der Waals surface area contributed by atoms with E-state index in [1.54, 1.807) is 24.3 Å². The maximum atomic E-state index is 11.9. The third-order valence-corrected chi connectivity index (χ3v) is 6.18. The minimum atomic E-state index is -0.532. The van der Waals surface area contributed by atoms with Crippen molar-refractivity contribution in [2.45, 2.75) is 51.4 Å². The molecular formula is C30H46N4O4. The van der Waals surface area contributed by atoms with Crippen molar-refractivity contribution in [3.05, 3.63) is 48.5 Å². The number of benzene rings is 2. The summed E-state index contributed by atoms with van der Waals surface area (Å²) < 4.78 is 12.0. The quantitative estimate of drug-likeness (QED) is 0.151. The third kappa shape index (κ3) is 12.4. The van der Waals surface area contributed by atoms with Crippen molar-refractivity contribution < 1.29 is 19.7 Å². The SMILES string of the molecule is C[N+](C)(C)c1ccc(OC([O-])=NCCCCCCCCCCN=C([O-])Oc2ccc([N+](C)(C)C)cc2)cc1. The van der Waals surface area contributed by atoms with Gasteiger partial charge in [0.15, 0.2) is 0 Å². The van der Waals surface area contributed by atoms with E-state index in [-0.39, 0.29) is 0 Å². The van der Waals surface area contributed by atoms with Gasteiger partial charge in [-0.2, -0.15) is 0 Å². The molecule has 8 heteroatoms. The summed E-state index contributed by atoms with van der Waals surface area (Å²) in [6, 6.07) is 15.0. The number of quaternary nitrogens is 2. The molecule has 8 nitrogen and oxygen atoms in total. The van der Waals surface area contributed by atoms with E-state index in [1.807, 2.05) is 24.3 Å². The molecule has 38 heavy (non-hydrogen) atoms. The Morgan fingerprint density at radius 2 is 0.816 bits per heavy atom. The lowest BCUT2D eigenvalue weighted by atomic mass is 10.1. The summed E-state index contributed by atoms with van der Waals surface area (Å²) in [4.78, 5) is 8.00. The van der Waals surface area contributed by atoms with E-state index >= 15 is 0 Å². The Labute approximate surface area is 229 Å². The molecule has 0 spiro atoms. The van der Waals surface area contributed by atoms with Gasteiger partial charge in [-0.1, -0.05) is 38.5 Å². The first-order valence-corrected chi connectivity index (χ1v) is 13.6. The van der Waals surface area contributed by atoms with Gasteiger partial charge in [-0.3, -0.25) is 19.0 Å². The first-order valence-electron chi connectivity index (χ1n) is 13.6. The molecule has 0 atom stereocenters. The van der Waals surface area contributed by atoms with Gasteiger partial charge in [0.25, 0.3) is 0 Å². The van der Waals surface area contributed by atoms with Crippen LogP contribution in [0, 0.1) is 0 Å². The van der Waals surface area contributed by atoms with Gasteiger partial charge in [0.1, 0.15) is 23.5 Å². The highest BCUT2D eigenvalue weighted by atomic mass is 16.6. The summed E-state index contributed by atoms with van der Waals surface area (Å²) >= 11 is 0. The fourth-order valence-corrected chi connectivity index (χ4v) is 3.81. The fourth-order valence-electron chi connectivity index (χ4n) is 3.81. The van der Waals surface area contributed by atoms with Crippen LogP contribution in [0.5, 0.6) is 11.5 Å². The molecule has 0 aliphatic heterocycles. The summed E-state index contributed by atoms with van der Waals surface area (Å²) in [6.07, 6.45) is 7.37. The third-order valence-electron chi connectivity index (χ3n) is 6.18. The summed E-state index contributed by atoms with van der Waals surface area (Å²) in [5.74, 6) is 1.04. The van der Waals surface area contributed by atoms with Crippen molar-refractivity contribution >= 4 is 23.5 Å². The molecule has 2 aromatic carbocycles. The van der Waals surface area contributed by atoms with Gasteiger partial charge in [0, 0.05) is 48.9 Å². The van der Waals surface area contributed by atoms with Crippen LogP contribution in [-0.4, -0.2) is 67.5 Å². The van der Waals surface area contributed by atoms with Crippen LogP contribution in [0.2, 0.25) is 0 Å². The highest BCUT2D eigenvalue weighted by Crippen LogP contribution is 2.22. The zero-order valence-electron chi connectivity index (χ0n) is 24.1. The maximum Gasteiger partial charge on any atom is 0.150 e. The average Bonchev–Trinajstić information content (AvgIpc) is 2.84. The van der Waals surface area contributed by atoms with Gasteiger partial charge >= 0.3 is 0 Å². The van der Waals surface area contributed by atoms with Gasteiger partial charge in [-0.15, -0.1) is 0 Å². The van der Waals surface area contributed by atoms with Crippen LogP contribution in [-0.2, 0) is 0 Å². The highest BCUT2D eigenvalue weighted by molar-refractivity contribution is 5.66. The van der Waals surface area contributed by atoms with Gasteiger partial charge in [0.05, 0.1) is 42.3 Å².